The smallest absolute Gasteiger partial charge is 0.130 e. The first-order chi connectivity index (χ1) is 8.41. The van der Waals surface area contributed by atoms with Crippen molar-refractivity contribution < 1.29 is 13.9 Å². The van der Waals surface area contributed by atoms with E-state index < -0.39 is 11.6 Å². The quantitative estimate of drug-likeness (QED) is 0.821. The Hall–Kier alpha value is -1.00. The summed E-state index contributed by atoms with van der Waals surface area (Å²) in [6.45, 7) is 6.45. The summed E-state index contributed by atoms with van der Waals surface area (Å²) in [6, 6.07) is 3.37. The predicted octanol–water partition coefficient (Wildman–Crippen LogP) is 3.02. The van der Waals surface area contributed by atoms with E-state index in [1.807, 2.05) is 20.8 Å². The Labute approximate surface area is 107 Å². The molecule has 0 radical (unpaired) electrons. The largest absolute Gasteiger partial charge is 0.396 e. The third-order valence-corrected chi connectivity index (χ3v) is 3.50. The first-order valence-electron chi connectivity index (χ1n) is 6.21. The van der Waals surface area contributed by atoms with Gasteiger partial charge in [0.2, 0.25) is 0 Å². The van der Waals surface area contributed by atoms with E-state index >= 15 is 0 Å². The van der Waals surface area contributed by atoms with E-state index in [4.69, 9.17) is 0 Å². The first-order valence-corrected chi connectivity index (χ1v) is 6.21. The zero-order valence-electron chi connectivity index (χ0n) is 11.1. The zero-order valence-corrected chi connectivity index (χ0v) is 11.1. The Balaban J connectivity index is 2.68. The molecule has 2 N–H and O–H groups in total. The van der Waals surface area contributed by atoms with Crippen LogP contribution in [0.4, 0.5) is 8.78 Å². The molecule has 1 rings (SSSR count). The summed E-state index contributed by atoms with van der Waals surface area (Å²) in [5, 5.41) is 12.5. The van der Waals surface area contributed by atoms with E-state index in [1.165, 1.54) is 12.1 Å². The molecule has 2 nitrogen and oxygen atoms in total. The molecule has 1 aromatic rings. The normalized spacial score (nSPS) is 16.3. The van der Waals surface area contributed by atoms with Crippen molar-refractivity contribution in [2.45, 2.75) is 33.2 Å². The highest BCUT2D eigenvalue weighted by atomic mass is 19.1. The topological polar surface area (TPSA) is 32.3 Å². The van der Waals surface area contributed by atoms with E-state index in [0.29, 0.717) is 12.1 Å². The van der Waals surface area contributed by atoms with Crippen LogP contribution in [-0.4, -0.2) is 18.3 Å². The number of benzene rings is 1. The van der Waals surface area contributed by atoms with Gasteiger partial charge in [-0.3, -0.25) is 0 Å². The van der Waals surface area contributed by atoms with Crippen LogP contribution in [0.2, 0.25) is 0 Å². The Morgan fingerprint density at radius 1 is 1.39 bits per heavy atom. The van der Waals surface area contributed by atoms with Gasteiger partial charge in [-0.1, -0.05) is 19.9 Å². The summed E-state index contributed by atoms with van der Waals surface area (Å²) >= 11 is 0. The second-order valence-electron chi connectivity index (χ2n) is 5.09. The van der Waals surface area contributed by atoms with Gasteiger partial charge in [-0.2, -0.15) is 0 Å². The van der Waals surface area contributed by atoms with Crippen LogP contribution in [-0.2, 0) is 0 Å². The summed E-state index contributed by atoms with van der Waals surface area (Å²) in [5.74, 6) is -1.12. The lowest BCUT2D eigenvalue weighted by molar-refractivity contribution is 0.132. The number of hydrogen-bond donors (Lipinski definition) is 2. The molecule has 0 bridgehead atoms. The van der Waals surface area contributed by atoms with Gasteiger partial charge >= 0.3 is 0 Å². The van der Waals surface area contributed by atoms with E-state index in [9.17, 15) is 13.9 Å². The molecule has 0 fully saturated rings. The molecule has 2 atom stereocenters. The molecule has 1 aromatic carbocycles. The van der Waals surface area contributed by atoms with Gasteiger partial charge in [-0.05, 0) is 19.4 Å². The highest BCUT2D eigenvalue weighted by Gasteiger charge is 2.22. The van der Waals surface area contributed by atoms with Gasteiger partial charge < -0.3 is 10.4 Å². The minimum atomic E-state index is -0.572. The highest BCUT2D eigenvalue weighted by molar-refractivity contribution is 5.21. The highest BCUT2D eigenvalue weighted by Crippen LogP contribution is 2.22. The predicted molar refractivity (Wildman–Crippen MR) is 68.3 cm³/mol. The average molecular weight is 257 g/mol. The number of hydrogen-bond acceptors (Lipinski definition) is 2. The van der Waals surface area contributed by atoms with E-state index in [1.54, 1.807) is 0 Å². The van der Waals surface area contributed by atoms with Crippen LogP contribution >= 0.6 is 0 Å². The minimum Gasteiger partial charge on any atom is -0.396 e. The molecular weight excluding hydrogens is 236 g/mol. The number of halogens is 2. The lowest BCUT2D eigenvalue weighted by Crippen LogP contribution is -2.35. The Morgan fingerprint density at radius 2 is 2.06 bits per heavy atom. The molecule has 18 heavy (non-hydrogen) atoms. The number of aliphatic hydroxyl groups is 1. The number of nitrogens with one attached hydrogen (secondary N) is 1. The zero-order chi connectivity index (χ0) is 13.8. The van der Waals surface area contributed by atoms with Crippen LogP contribution in [0.15, 0.2) is 18.2 Å². The van der Waals surface area contributed by atoms with Crippen molar-refractivity contribution in [3.8, 4) is 0 Å². The molecule has 0 saturated heterocycles. The standard InChI is InChI=1S/C14H21F2NO/c1-4-14(3,9-18)8-17-10(2)12-6-5-11(15)7-13(12)16/h5-7,10,17-18H,4,8-9H2,1-3H3. The summed E-state index contributed by atoms with van der Waals surface area (Å²) in [5.41, 5.74) is 0.220. The molecule has 0 amide bonds. The van der Waals surface area contributed by atoms with E-state index in [0.717, 1.165) is 12.5 Å². The second-order valence-corrected chi connectivity index (χ2v) is 5.09. The van der Waals surface area contributed by atoms with Crippen molar-refractivity contribution in [2.24, 2.45) is 5.41 Å². The number of rotatable bonds is 6. The Bertz CT molecular complexity index is 391. The first kappa shape index (κ1) is 15.1. The SMILES string of the molecule is CCC(C)(CO)CNC(C)c1ccc(F)cc1F. The van der Waals surface area contributed by atoms with E-state index in [-0.39, 0.29) is 18.1 Å². The fraction of sp³-hybridized carbons (Fsp3) is 0.571. The molecule has 0 spiro atoms. The van der Waals surface area contributed by atoms with Crippen LogP contribution in [0.1, 0.15) is 38.8 Å². The molecule has 0 aliphatic rings. The molecule has 0 aliphatic heterocycles. The third kappa shape index (κ3) is 3.75. The maximum atomic E-state index is 13.6. The fourth-order valence-corrected chi connectivity index (χ4v) is 1.65. The molecule has 2 unspecified atom stereocenters. The summed E-state index contributed by atoms with van der Waals surface area (Å²) in [4.78, 5) is 0. The van der Waals surface area contributed by atoms with Gasteiger partial charge in [0.25, 0.3) is 0 Å². The molecule has 102 valence electrons. The maximum Gasteiger partial charge on any atom is 0.130 e. The second kappa shape index (κ2) is 6.25. The van der Waals surface area contributed by atoms with Crippen LogP contribution in [0, 0.1) is 17.0 Å². The molecule has 0 aromatic heterocycles. The lowest BCUT2D eigenvalue weighted by Gasteiger charge is -2.28. The van der Waals surface area contributed by atoms with Gasteiger partial charge in [-0.25, -0.2) is 8.78 Å². The lowest BCUT2D eigenvalue weighted by atomic mass is 9.88. The van der Waals surface area contributed by atoms with Crippen molar-refractivity contribution >= 4 is 0 Å². The molecular formula is C14H21F2NO. The van der Waals surface area contributed by atoms with E-state index in [2.05, 4.69) is 5.32 Å². The summed E-state index contributed by atoms with van der Waals surface area (Å²) < 4.78 is 26.4. The van der Waals surface area contributed by atoms with Gasteiger partial charge in [0.15, 0.2) is 0 Å². The van der Waals surface area contributed by atoms with Crippen molar-refractivity contribution in [3.05, 3.63) is 35.4 Å². The number of aliphatic hydroxyl groups excluding tert-OH is 1. The van der Waals surface area contributed by atoms with Crippen molar-refractivity contribution in [1.82, 2.24) is 5.32 Å². The Morgan fingerprint density at radius 3 is 2.56 bits per heavy atom. The minimum absolute atomic E-state index is 0.0785. The maximum absolute atomic E-state index is 13.6. The van der Waals surface area contributed by atoms with Gasteiger partial charge in [0.05, 0.1) is 0 Å². The summed E-state index contributed by atoms with van der Waals surface area (Å²) in [7, 11) is 0. The van der Waals surface area contributed by atoms with Crippen LogP contribution in [0.3, 0.4) is 0 Å². The van der Waals surface area contributed by atoms with Crippen molar-refractivity contribution in [2.75, 3.05) is 13.2 Å². The van der Waals surface area contributed by atoms with Gasteiger partial charge in [-0.15, -0.1) is 0 Å². The van der Waals surface area contributed by atoms with Crippen LogP contribution in [0.25, 0.3) is 0 Å². The van der Waals surface area contributed by atoms with Crippen LogP contribution < -0.4 is 5.32 Å². The van der Waals surface area contributed by atoms with Crippen LogP contribution in [0.5, 0.6) is 0 Å². The molecule has 0 saturated carbocycles. The van der Waals surface area contributed by atoms with Crippen molar-refractivity contribution in [1.29, 1.82) is 0 Å². The van der Waals surface area contributed by atoms with Gasteiger partial charge in [0.1, 0.15) is 11.6 Å². The average Bonchev–Trinajstić information content (AvgIpc) is 2.35. The Kier molecular flexibility index (Phi) is 5.23. The fourth-order valence-electron chi connectivity index (χ4n) is 1.65. The van der Waals surface area contributed by atoms with Crippen molar-refractivity contribution in [3.63, 3.8) is 0 Å². The molecule has 0 heterocycles. The molecule has 0 aliphatic carbocycles. The summed E-state index contributed by atoms with van der Waals surface area (Å²) in [6.07, 6.45) is 0.828. The molecule has 4 heteroatoms. The monoisotopic (exact) mass is 257 g/mol. The third-order valence-electron chi connectivity index (χ3n) is 3.50. The van der Waals surface area contributed by atoms with Gasteiger partial charge in [0, 0.05) is 36.2 Å².